The van der Waals surface area contributed by atoms with E-state index in [4.69, 9.17) is 25.8 Å². The van der Waals surface area contributed by atoms with Crippen LogP contribution >= 0.6 is 11.6 Å². The van der Waals surface area contributed by atoms with Gasteiger partial charge in [-0.15, -0.1) is 0 Å². The second kappa shape index (κ2) is 13.0. The number of rotatable bonds is 11. The van der Waals surface area contributed by atoms with E-state index in [2.05, 4.69) is 10.5 Å². The van der Waals surface area contributed by atoms with Crippen molar-refractivity contribution in [1.82, 2.24) is 9.99 Å². The lowest BCUT2D eigenvalue weighted by molar-refractivity contribution is -0.119. The van der Waals surface area contributed by atoms with Crippen LogP contribution in [0.4, 0.5) is 5.69 Å². The van der Waals surface area contributed by atoms with Crippen molar-refractivity contribution in [2.45, 2.75) is 18.7 Å². The van der Waals surface area contributed by atoms with Crippen LogP contribution in [0.15, 0.2) is 82.8 Å². The number of aromatic nitrogens is 1. The Hall–Kier alpha value is -4.48. The van der Waals surface area contributed by atoms with E-state index >= 15 is 0 Å². The first-order chi connectivity index (χ1) is 20.1. The number of anilines is 1. The number of aryl methyl sites for hydroxylation is 1. The average molecular weight is 611 g/mol. The normalized spacial score (nSPS) is 11.4. The summed E-state index contributed by atoms with van der Waals surface area (Å²) in [5.74, 6) is 0.488. The number of methoxy groups -OCH3 is 3. The van der Waals surface area contributed by atoms with Gasteiger partial charge >= 0.3 is 0 Å². The van der Waals surface area contributed by atoms with Gasteiger partial charge in [-0.2, -0.15) is 5.10 Å². The Labute approximate surface area is 250 Å². The number of para-hydroxylation sites is 1. The molecule has 220 valence electrons. The molecule has 0 unspecified atom stereocenters. The average Bonchev–Trinajstić information content (AvgIpc) is 3.27. The van der Waals surface area contributed by atoms with Crippen molar-refractivity contribution in [3.63, 3.8) is 0 Å². The highest BCUT2D eigenvalue weighted by Crippen LogP contribution is 2.32. The van der Waals surface area contributed by atoms with E-state index in [1.165, 1.54) is 45.7 Å². The molecule has 12 heteroatoms. The molecular weight excluding hydrogens is 580 g/mol. The van der Waals surface area contributed by atoms with E-state index in [0.29, 0.717) is 16.5 Å². The molecule has 0 bridgehead atoms. The van der Waals surface area contributed by atoms with Gasteiger partial charge in [-0.1, -0.05) is 23.7 Å². The van der Waals surface area contributed by atoms with E-state index in [9.17, 15) is 13.2 Å². The molecule has 0 atom stereocenters. The largest absolute Gasteiger partial charge is 0.497 e. The molecule has 1 heterocycles. The Balaban J connectivity index is 1.60. The number of carbonyl (C=O) groups is 1. The molecule has 0 aliphatic heterocycles. The quantitative estimate of drug-likeness (QED) is 0.186. The first kappa shape index (κ1) is 30.5. The zero-order chi connectivity index (χ0) is 30.4. The van der Waals surface area contributed by atoms with Crippen LogP contribution in [0.2, 0.25) is 5.02 Å². The molecule has 4 aromatic rings. The van der Waals surface area contributed by atoms with Crippen LogP contribution in [-0.2, 0) is 14.8 Å². The number of hydrogen-bond acceptors (Lipinski definition) is 7. The van der Waals surface area contributed by atoms with E-state index in [1.54, 1.807) is 24.3 Å². The van der Waals surface area contributed by atoms with Crippen LogP contribution in [0.5, 0.6) is 17.2 Å². The van der Waals surface area contributed by atoms with Gasteiger partial charge in [0.05, 0.1) is 48.8 Å². The highest BCUT2D eigenvalue weighted by molar-refractivity contribution is 7.92. The Morgan fingerprint density at radius 3 is 2.29 bits per heavy atom. The molecule has 0 aliphatic carbocycles. The van der Waals surface area contributed by atoms with Gasteiger partial charge in [0, 0.05) is 23.0 Å². The fraction of sp³-hybridized carbons (Fsp3) is 0.200. The minimum absolute atomic E-state index is 0.0840. The van der Waals surface area contributed by atoms with Crippen molar-refractivity contribution in [3.05, 3.63) is 94.8 Å². The number of nitrogens with one attached hydrogen (secondary N) is 1. The van der Waals surface area contributed by atoms with Crippen LogP contribution in [0.1, 0.15) is 17.0 Å². The molecule has 0 fully saturated rings. The molecule has 1 aromatic heterocycles. The minimum atomic E-state index is -4.22. The molecule has 4 rings (SSSR count). The summed E-state index contributed by atoms with van der Waals surface area (Å²) in [6.07, 6.45) is 1.51. The fourth-order valence-electron chi connectivity index (χ4n) is 4.43. The van der Waals surface area contributed by atoms with Gasteiger partial charge in [-0.05, 0) is 68.4 Å². The molecule has 10 nitrogen and oxygen atoms in total. The standard InChI is InChI=1S/C30H31ClN4O6S/c1-20-16-22(21(2)35(20)27-9-7-6-8-26(27)31)18-32-33-30(36)19-34(23-10-12-24(39-3)13-11-23)42(37,38)25-14-15-28(40-4)29(17-25)41-5/h6-18H,19H2,1-5H3,(H,33,36)/b32-18+. The number of hydrazone groups is 1. The third kappa shape index (κ3) is 6.37. The molecule has 0 aliphatic rings. The molecular formula is C30H31ClN4O6S. The number of ether oxygens (including phenoxy) is 3. The van der Waals surface area contributed by atoms with Crippen LogP contribution < -0.4 is 23.9 Å². The monoisotopic (exact) mass is 610 g/mol. The summed E-state index contributed by atoms with van der Waals surface area (Å²) < 4.78 is 46.3. The number of sulfonamides is 1. The van der Waals surface area contributed by atoms with E-state index in [1.807, 2.05) is 48.7 Å². The highest BCUT2D eigenvalue weighted by atomic mass is 35.5. The Kier molecular flexibility index (Phi) is 9.44. The van der Waals surface area contributed by atoms with Crippen molar-refractivity contribution in [3.8, 4) is 22.9 Å². The Bertz CT molecular complexity index is 1720. The first-order valence-electron chi connectivity index (χ1n) is 12.7. The van der Waals surface area contributed by atoms with Gasteiger partial charge in [-0.25, -0.2) is 13.8 Å². The summed E-state index contributed by atoms with van der Waals surface area (Å²) in [6.45, 7) is 3.32. The van der Waals surface area contributed by atoms with Crippen molar-refractivity contribution >= 4 is 39.4 Å². The van der Waals surface area contributed by atoms with Crippen molar-refractivity contribution in [1.29, 1.82) is 0 Å². The van der Waals surface area contributed by atoms with E-state index in [-0.39, 0.29) is 16.3 Å². The third-order valence-corrected chi connectivity index (χ3v) is 8.64. The predicted octanol–water partition coefficient (Wildman–Crippen LogP) is 5.12. The van der Waals surface area contributed by atoms with Crippen LogP contribution in [0, 0.1) is 13.8 Å². The highest BCUT2D eigenvalue weighted by Gasteiger charge is 2.28. The van der Waals surface area contributed by atoms with Crippen LogP contribution in [-0.4, -0.2) is 53.0 Å². The molecule has 0 spiro atoms. The number of hydrogen-bond donors (Lipinski definition) is 1. The third-order valence-electron chi connectivity index (χ3n) is 6.55. The second-order valence-electron chi connectivity index (χ2n) is 9.13. The SMILES string of the molecule is COc1ccc(N(CC(=O)N/N=C/c2cc(C)n(-c3ccccc3Cl)c2C)S(=O)(=O)c2ccc(OC)c(OC)c2)cc1. The fourth-order valence-corrected chi connectivity index (χ4v) is 6.09. The molecule has 1 amide bonds. The van der Waals surface area contributed by atoms with Gasteiger partial charge in [0.15, 0.2) is 11.5 Å². The predicted molar refractivity (Wildman–Crippen MR) is 163 cm³/mol. The van der Waals surface area contributed by atoms with E-state index < -0.39 is 22.5 Å². The smallest absolute Gasteiger partial charge is 0.264 e. The maximum atomic E-state index is 13.8. The number of benzene rings is 3. The maximum absolute atomic E-state index is 13.8. The van der Waals surface area contributed by atoms with Crippen molar-refractivity contribution in [2.75, 3.05) is 32.2 Å². The first-order valence-corrected chi connectivity index (χ1v) is 14.6. The van der Waals surface area contributed by atoms with E-state index in [0.717, 1.165) is 26.9 Å². The topological polar surface area (TPSA) is 111 Å². The lowest BCUT2D eigenvalue weighted by Crippen LogP contribution is -2.39. The molecule has 1 N–H and O–H groups in total. The lowest BCUT2D eigenvalue weighted by atomic mass is 10.2. The summed E-state index contributed by atoms with van der Waals surface area (Å²) in [4.78, 5) is 13.0. The van der Waals surface area contributed by atoms with Gasteiger partial charge < -0.3 is 18.8 Å². The molecule has 0 radical (unpaired) electrons. The number of halogens is 1. The molecule has 0 saturated carbocycles. The van der Waals surface area contributed by atoms with Crippen molar-refractivity contribution < 1.29 is 27.4 Å². The van der Waals surface area contributed by atoms with Crippen molar-refractivity contribution in [2.24, 2.45) is 5.10 Å². The molecule has 42 heavy (non-hydrogen) atoms. The van der Waals surface area contributed by atoms with Gasteiger partial charge in [-0.3, -0.25) is 9.10 Å². The number of nitrogens with zero attached hydrogens (tertiary/aromatic N) is 3. The summed E-state index contributed by atoms with van der Waals surface area (Å²) in [7, 11) is 0.149. The zero-order valence-corrected chi connectivity index (χ0v) is 25.4. The number of carbonyl (C=O) groups excluding carboxylic acids is 1. The Morgan fingerprint density at radius 2 is 1.64 bits per heavy atom. The maximum Gasteiger partial charge on any atom is 0.264 e. The van der Waals surface area contributed by atoms with Crippen LogP contribution in [0.25, 0.3) is 5.69 Å². The lowest BCUT2D eigenvalue weighted by Gasteiger charge is -2.24. The Morgan fingerprint density at radius 1 is 0.952 bits per heavy atom. The van der Waals surface area contributed by atoms with Gasteiger partial charge in [0.1, 0.15) is 12.3 Å². The summed E-state index contributed by atoms with van der Waals surface area (Å²) in [5, 5.41) is 4.71. The minimum Gasteiger partial charge on any atom is -0.497 e. The second-order valence-corrected chi connectivity index (χ2v) is 11.4. The van der Waals surface area contributed by atoms with Gasteiger partial charge in [0.2, 0.25) is 0 Å². The molecule has 0 saturated heterocycles. The molecule has 3 aromatic carbocycles. The zero-order valence-electron chi connectivity index (χ0n) is 23.8. The van der Waals surface area contributed by atoms with Gasteiger partial charge in [0.25, 0.3) is 15.9 Å². The summed E-state index contributed by atoms with van der Waals surface area (Å²) >= 11 is 6.40. The summed E-state index contributed by atoms with van der Waals surface area (Å²) in [5.41, 5.74) is 6.09. The van der Waals surface area contributed by atoms with Crippen LogP contribution in [0.3, 0.4) is 0 Å². The number of amides is 1. The summed E-state index contributed by atoms with van der Waals surface area (Å²) in [6, 6.07) is 19.9.